The number of nitro groups is 1. The lowest BCUT2D eigenvalue weighted by Gasteiger charge is -2.11. The van der Waals surface area contributed by atoms with Crippen LogP contribution in [0.25, 0.3) is 0 Å². The van der Waals surface area contributed by atoms with E-state index in [0.717, 1.165) is 0 Å². The van der Waals surface area contributed by atoms with Crippen LogP contribution in [0.1, 0.15) is 11.1 Å². The molecule has 2 rings (SSSR count). The van der Waals surface area contributed by atoms with Crippen molar-refractivity contribution in [2.75, 3.05) is 5.43 Å². The fourth-order valence-corrected chi connectivity index (χ4v) is 1.85. The molecule has 0 fully saturated rings. The highest BCUT2D eigenvalue weighted by molar-refractivity contribution is 5.65. The molecule has 2 aromatic rings. The van der Waals surface area contributed by atoms with Gasteiger partial charge in [0.15, 0.2) is 0 Å². The van der Waals surface area contributed by atoms with E-state index >= 15 is 0 Å². The zero-order valence-corrected chi connectivity index (χ0v) is 11.3. The van der Waals surface area contributed by atoms with Crippen LogP contribution in [0.5, 0.6) is 5.75 Å². The molecular formula is C14H14FN3O3. The first kappa shape index (κ1) is 14.7. The summed E-state index contributed by atoms with van der Waals surface area (Å²) in [6.45, 7) is 1.68. The summed E-state index contributed by atoms with van der Waals surface area (Å²) in [5.74, 6) is 5.30. The predicted octanol–water partition coefficient (Wildman–Crippen LogP) is 2.91. The summed E-state index contributed by atoms with van der Waals surface area (Å²) in [6.07, 6.45) is 0. The molecule has 0 saturated carbocycles. The van der Waals surface area contributed by atoms with Crippen molar-refractivity contribution in [3.05, 3.63) is 63.5 Å². The molecule has 0 saturated heterocycles. The standard InChI is InChI=1S/C14H14FN3O3/c1-9-5-6-11(7-12(9)15)21-8-10-3-2-4-13(18(19)20)14(10)17-16/h2-7,17H,8,16H2,1H3. The molecule has 3 N–H and O–H groups in total. The van der Waals surface area contributed by atoms with Crippen molar-refractivity contribution in [3.8, 4) is 5.75 Å². The average molecular weight is 291 g/mol. The van der Waals surface area contributed by atoms with Crippen LogP contribution >= 0.6 is 0 Å². The Kier molecular flexibility index (Phi) is 4.34. The van der Waals surface area contributed by atoms with Crippen molar-refractivity contribution < 1.29 is 14.1 Å². The maximum absolute atomic E-state index is 13.4. The Morgan fingerprint density at radius 2 is 2.14 bits per heavy atom. The second-order valence-electron chi connectivity index (χ2n) is 4.41. The Morgan fingerprint density at radius 1 is 1.38 bits per heavy atom. The summed E-state index contributed by atoms with van der Waals surface area (Å²) >= 11 is 0. The Labute approximate surface area is 120 Å². The summed E-state index contributed by atoms with van der Waals surface area (Å²) < 4.78 is 18.9. The normalized spacial score (nSPS) is 10.2. The van der Waals surface area contributed by atoms with Gasteiger partial charge in [-0.2, -0.15) is 0 Å². The van der Waals surface area contributed by atoms with Crippen molar-refractivity contribution in [3.63, 3.8) is 0 Å². The SMILES string of the molecule is Cc1ccc(OCc2cccc([N+](=O)[O-])c2NN)cc1F. The molecule has 0 aromatic heterocycles. The van der Waals surface area contributed by atoms with Gasteiger partial charge in [0.1, 0.15) is 23.9 Å². The molecule has 21 heavy (non-hydrogen) atoms. The highest BCUT2D eigenvalue weighted by Gasteiger charge is 2.16. The first-order valence-corrected chi connectivity index (χ1v) is 6.14. The molecule has 6 nitrogen and oxygen atoms in total. The molecule has 7 heteroatoms. The molecule has 0 unspecified atom stereocenters. The smallest absolute Gasteiger partial charge is 0.294 e. The van der Waals surface area contributed by atoms with Gasteiger partial charge in [0.05, 0.1) is 4.92 Å². The number of nitrogens with zero attached hydrogens (tertiary/aromatic N) is 1. The van der Waals surface area contributed by atoms with Gasteiger partial charge in [-0.15, -0.1) is 0 Å². The van der Waals surface area contributed by atoms with Crippen molar-refractivity contribution in [2.45, 2.75) is 13.5 Å². The maximum Gasteiger partial charge on any atom is 0.294 e. The quantitative estimate of drug-likeness (QED) is 0.502. The van der Waals surface area contributed by atoms with Crippen molar-refractivity contribution >= 4 is 11.4 Å². The van der Waals surface area contributed by atoms with E-state index in [1.165, 1.54) is 18.2 Å². The van der Waals surface area contributed by atoms with Crippen LogP contribution in [0.2, 0.25) is 0 Å². The first-order chi connectivity index (χ1) is 10.0. The van der Waals surface area contributed by atoms with Crippen LogP contribution in [0.3, 0.4) is 0 Å². The van der Waals surface area contributed by atoms with Crippen molar-refractivity contribution in [1.29, 1.82) is 0 Å². The lowest BCUT2D eigenvalue weighted by Crippen LogP contribution is -2.12. The number of rotatable bonds is 5. The van der Waals surface area contributed by atoms with Crippen LogP contribution in [-0.4, -0.2) is 4.92 Å². The van der Waals surface area contributed by atoms with E-state index < -0.39 is 4.92 Å². The molecule has 0 amide bonds. The van der Waals surface area contributed by atoms with E-state index in [2.05, 4.69) is 5.43 Å². The number of hydrazine groups is 1. The van der Waals surface area contributed by atoms with E-state index in [1.807, 2.05) is 0 Å². The molecule has 2 aromatic carbocycles. The number of nitrogens with one attached hydrogen (secondary N) is 1. The molecule has 0 aliphatic heterocycles. The molecule has 0 spiro atoms. The third kappa shape index (κ3) is 3.26. The van der Waals surface area contributed by atoms with E-state index in [9.17, 15) is 14.5 Å². The number of aryl methyl sites for hydroxylation is 1. The zero-order chi connectivity index (χ0) is 15.4. The highest BCUT2D eigenvalue weighted by atomic mass is 19.1. The number of nitrogen functional groups attached to an aromatic ring is 1. The van der Waals surface area contributed by atoms with Gasteiger partial charge in [-0.3, -0.25) is 16.0 Å². The second kappa shape index (κ2) is 6.19. The van der Waals surface area contributed by atoms with Crippen molar-refractivity contribution in [2.24, 2.45) is 5.84 Å². The fourth-order valence-electron chi connectivity index (χ4n) is 1.85. The fraction of sp³-hybridized carbons (Fsp3) is 0.143. The van der Waals surface area contributed by atoms with E-state index in [0.29, 0.717) is 16.9 Å². The molecular weight excluding hydrogens is 277 g/mol. The highest BCUT2D eigenvalue weighted by Crippen LogP contribution is 2.28. The number of hydrogen-bond acceptors (Lipinski definition) is 5. The Hall–Kier alpha value is -2.67. The monoisotopic (exact) mass is 291 g/mol. The minimum Gasteiger partial charge on any atom is -0.489 e. The molecule has 0 heterocycles. The van der Waals surface area contributed by atoms with E-state index in [4.69, 9.17) is 10.6 Å². The summed E-state index contributed by atoms with van der Waals surface area (Å²) in [5.41, 5.74) is 3.36. The number of halogens is 1. The molecule has 0 atom stereocenters. The third-order valence-corrected chi connectivity index (χ3v) is 3.01. The summed E-state index contributed by atoms with van der Waals surface area (Å²) in [5, 5.41) is 10.9. The average Bonchev–Trinajstić information content (AvgIpc) is 2.47. The van der Waals surface area contributed by atoms with Gasteiger partial charge in [-0.1, -0.05) is 18.2 Å². The van der Waals surface area contributed by atoms with E-state index in [1.54, 1.807) is 25.1 Å². The largest absolute Gasteiger partial charge is 0.489 e. The molecule has 0 bridgehead atoms. The van der Waals surface area contributed by atoms with Gasteiger partial charge >= 0.3 is 0 Å². The second-order valence-corrected chi connectivity index (χ2v) is 4.41. The van der Waals surface area contributed by atoms with Gasteiger partial charge in [-0.05, 0) is 18.6 Å². The van der Waals surface area contributed by atoms with Crippen LogP contribution in [-0.2, 0) is 6.61 Å². The van der Waals surface area contributed by atoms with Crippen LogP contribution in [0.4, 0.5) is 15.8 Å². The van der Waals surface area contributed by atoms with Gasteiger partial charge in [-0.25, -0.2) is 4.39 Å². The van der Waals surface area contributed by atoms with Gasteiger partial charge < -0.3 is 10.2 Å². The zero-order valence-electron chi connectivity index (χ0n) is 11.3. The third-order valence-electron chi connectivity index (χ3n) is 3.01. The van der Waals surface area contributed by atoms with Gasteiger partial charge in [0.25, 0.3) is 5.69 Å². The van der Waals surface area contributed by atoms with Crippen LogP contribution in [0, 0.1) is 22.9 Å². The maximum atomic E-state index is 13.4. The summed E-state index contributed by atoms with van der Waals surface area (Å²) in [7, 11) is 0. The number of nitro benzene ring substituents is 1. The summed E-state index contributed by atoms with van der Waals surface area (Å²) in [6, 6.07) is 9.01. The number of hydrogen-bond donors (Lipinski definition) is 2. The number of benzene rings is 2. The Balaban J connectivity index is 2.21. The Morgan fingerprint density at radius 3 is 2.76 bits per heavy atom. The van der Waals surface area contributed by atoms with Gasteiger partial charge in [0, 0.05) is 17.7 Å². The topological polar surface area (TPSA) is 90.4 Å². The first-order valence-electron chi connectivity index (χ1n) is 6.14. The predicted molar refractivity (Wildman–Crippen MR) is 76.4 cm³/mol. The van der Waals surface area contributed by atoms with Crippen molar-refractivity contribution in [1.82, 2.24) is 0 Å². The Bertz CT molecular complexity index is 677. The number of ether oxygens (including phenoxy) is 1. The number of para-hydroxylation sites is 1. The van der Waals surface area contributed by atoms with Gasteiger partial charge in [0.2, 0.25) is 0 Å². The minimum atomic E-state index is -0.537. The summed E-state index contributed by atoms with van der Waals surface area (Å²) in [4.78, 5) is 10.4. The molecule has 0 radical (unpaired) electrons. The minimum absolute atomic E-state index is 0.0315. The van der Waals surface area contributed by atoms with Crippen LogP contribution in [0.15, 0.2) is 36.4 Å². The number of nitrogens with two attached hydrogens (primary N) is 1. The molecule has 0 aliphatic carbocycles. The lowest BCUT2D eigenvalue weighted by atomic mass is 10.1. The number of anilines is 1. The van der Waals surface area contributed by atoms with Crippen LogP contribution < -0.4 is 16.0 Å². The molecule has 0 aliphatic rings. The van der Waals surface area contributed by atoms with E-state index in [-0.39, 0.29) is 23.8 Å². The lowest BCUT2D eigenvalue weighted by molar-refractivity contribution is -0.384. The molecule has 110 valence electrons.